The Kier molecular flexibility index (Phi) is 6.23. The predicted octanol–water partition coefficient (Wildman–Crippen LogP) is 3.21. The number of sulfonamides is 1. The number of benzene rings is 1. The van der Waals surface area contributed by atoms with Crippen LogP contribution in [0.5, 0.6) is 0 Å². The van der Waals surface area contributed by atoms with Crippen LogP contribution in [0.4, 0.5) is 0 Å². The average Bonchev–Trinajstić information content (AvgIpc) is 3.01. The van der Waals surface area contributed by atoms with Gasteiger partial charge in [-0.1, -0.05) is 39.8 Å². The Morgan fingerprint density at radius 2 is 1.61 bits per heavy atom. The fourth-order valence-electron chi connectivity index (χ4n) is 3.17. The van der Waals surface area contributed by atoms with Crippen LogP contribution in [-0.2, 0) is 10.0 Å². The van der Waals surface area contributed by atoms with Gasteiger partial charge in [-0.2, -0.15) is 0 Å². The number of rotatable bonds is 7. The van der Waals surface area contributed by atoms with Crippen LogP contribution in [0.2, 0.25) is 0 Å². The van der Waals surface area contributed by atoms with Crippen LogP contribution in [0.25, 0.3) is 0 Å². The molecular formula is C18H30N2O2S. The van der Waals surface area contributed by atoms with Gasteiger partial charge in [0.25, 0.3) is 0 Å². The lowest BCUT2D eigenvalue weighted by Gasteiger charge is -2.30. The molecule has 5 heteroatoms. The van der Waals surface area contributed by atoms with Gasteiger partial charge in [0.05, 0.1) is 4.90 Å². The molecule has 1 saturated heterocycles. The molecule has 0 spiro atoms. The molecule has 0 aromatic heterocycles. The van der Waals surface area contributed by atoms with Gasteiger partial charge in [0, 0.05) is 12.6 Å². The van der Waals surface area contributed by atoms with Gasteiger partial charge >= 0.3 is 0 Å². The summed E-state index contributed by atoms with van der Waals surface area (Å²) in [6.07, 6.45) is 2.43. The Morgan fingerprint density at radius 3 is 2.09 bits per heavy atom. The minimum atomic E-state index is -3.44. The molecular weight excluding hydrogens is 308 g/mol. The van der Waals surface area contributed by atoms with E-state index >= 15 is 0 Å². The summed E-state index contributed by atoms with van der Waals surface area (Å²) in [4.78, 5) is 2.76. The van der Waals surface area contributed by atoms with Crippen LogP contribution >= 0.6 is 0 Å². The molecule has 0 aliphatic carbocycles. The second kappa shape index (κ2) is 7.77. The van der Waals surface area contributed by atoms with Gasteiger partial charge in [-0.05, 0) is 55.5 Å². The Hall–Kier alpha value is -0.910. The first-order chi connectivity index (χ1) is 10.8. The van der Waals surface area contributed by atoms with E-state index in [1.54, 1.807) is 12.1 Å². The van der Waals surface area contributed by atoms with E-state index in [1.807, 2.05) is 12.1 Å². The molecule has 0 saturated carbocycles. The standard InChI is InChI=1S/C18H30N2O2S/c1-14(2)16-7-9-17(10-8-16)23(21,22)19-13-18(15(3)4)20-11-5-6-12-20/h7-10,14-15,18-19H,5-6,11-13H2,1-4H3. The van der Waals surface area contributed by atoms with Gasteiger partial charge in [-0.3, -0.25) is 4.90 Å². The molecule has 2 rings (SSSR count). The average molecular weight is 339 g/mol. The lowest BCUT2D eigenvalue weighted by molar-refractivity contribution is 0.193. The molecule has 1 aromatic rings. The smallest absolute Gasteiger partial charge is 0.240 e. The number of nitrogens with zero attached hydrogens (tertiary/aromatic N) is 1. The van der Waals surface area contributed by atoms with E-state index < -0.39 is 10.0 Å². The van der Waals surface area contributed by atoms with Crippen molar-refractivity contribution < 1.29 is 8.42 Å². The van der Waals surface area contributed by atoms with E-state index in [4.69, 9.17) is 0 Å². The Balaban J connectivity index is 2.04. The third kappa shape index (κ3) is 4.78. The van der Waals surface area contributed by atoms with Crippen LogP contribution in [0.3, 0.4) is 0 Å². The second-order valence-corrected chi connectivity index (χ2v) is 8.90. The van der Waals surface area contributed by atoms with Gasteiger partial charge in [-0.25, -0.2) is 13.1 Å². The minimum absolute atomic E-state index is 0.266. The van der Waals surface area contributed by atoms with Crippen molar-refractivity contribution in [2.75, 3.05) is 19.6 Å². The highest BCUT2D eigenvalue weighted by molar-refractivity contribution is 7.89. The predicted molar refractivity (Wildman–Crippen MR) is 95.2 cm³/mol. The number of hydrogen-bond donors (Lipinski definition) is 1. The third-order valence-electron chi connectivity index (χ3n) is 4.72. The molecule has 1 heterocycles. The van der Waals surface area contributed by atoms with Gasteiger partial charge in [-0.15, -0.1) is 0 Å². The number of likely N-dealkylation sites (tertiary alicyclic amines) is 1. The van der Waals surface area contributed by atoms with Crippen molar-refractivity contribution in [2.45, 2.75) is 57.4 Å². The SMILES string of the molecule is CC(C)c1ccc(S(=O)(=O)NCC(C(C)C)N2CCCC2)cc1. The lowest BCUT2D eigenvalue weighted by Crippen LogP contribution is -2.45. The Bertz CT molecular complexity index is 588. The summed E-state index contributed by atoms with van der Waals surface area (Å²) in [6.45, 7) is 11.2. The maximum absolute atomic E-state index is 12.5. The van der Waals surface area contributed by atoms with E-state index in [2.05, 4.69) is 37.3 Å². The van der Waals surface area contributed by atoms with E-state index in [9.17, 15) is 8.42 Å². The highest BCUT2D eigenvalue weighted by atomic mass is 32.2. The molecule has 0 bridgehead atoms. The quantitative estimate of drug-likeness (QED) is 0.830. The summed E-state index contributed by atoms with van der Waals surface area (Å²) in [5, 5.41) is 0. The molecule has 0 amide bonds. The third-order valence-corrected chi connectivity index (χ3v) is 6.16. The van der Waals surface area contributed by atoms with Gasteiger partial charge in [0.1, 0.15) is 0 Å². The van der Waals surface area contributed by atoms with Crippen molar-refractivity contribution in [3.63, 3.8) is 0 Å². The van der Waals surface area contributed by atoms with Crippen molar-refractivity contribution in [3.8, 4) is 0 Å². The molecule has 130 valence electrons. The summed E-state index contributed by atoms with van der Waals surface area (Å²) in [5.41, 5.74) is 1.15. The van der Waals surface area contributed by atoms with Crippen LogP contribution in [0, 0.1) is 5.92 Å². The van der Waals surface area contributed by atoms with Crippen molar-refractivity contribution >= 4 is 10.0 Å². The zero-order valence-electron chi connectivity index (χ0n) is 14.7. The molecule has 1 N–H and O–H groups in total. The van der Waals surface area contributed by atoms with E-state index in [1.165, 1.54) is 12.8 Å². The molecule has 1 aliphatic rings. The van der Waals surface area contributed by atoms with E-state index in [0.29, 0.717) is 23.3 Å². The maximum atomic E-state index is 12.5. The van der Waals surface area contributed by atoms with Crippen molar-refractivity contribution in [1.29, 1.82) is 0 Å². The summed E-state index contributed by atoms with van der Waals surface area (Å²) in [7, 11) is -3.44. The van der Waals surface area contributed by atoms with E-state index in [0.717, 1.165) is 18.7 Å². The van der Waals surface area contributed by atoms with Crippen molar-refractivity contribution in [1.82, 2.24) is 9.62 Å². The molecule has 1 unspecified atom stereocenters. The molecule has 4 nitrogen and oxygen atoms in total. The molecule has 1 aliphatic heterocycles. The monoisotopic (exact) mass is 338 g/mol. The maximum Gasteiger partial charge on any atom is 0.240 e. The van der Waals surface area contributed by atoms with Crippen molar-refractivity contribution in [2.24, 2.45) is 5.92 Å². The first kappa shape index (κ1) is 18.4. The van der Waals surface area contributed by atoms with E-state index in [-0.39, 0.29) is 6.04 Å². The number of nitrogens with one attached hydrogen (secondary N) is 1. The molecule has 1 atom stereocenters. The van der Waals surface area contributed by atoms with Gasteiger partial charge < -0.3 is 0 Å². The van der Waals surface area contributed by atoms with Gasteiger partial charge in [0.15, 0.2) is 0 Å². The normalized spacial score (nSPS) is 18.0. The first-order valence-corrected chi connectivity index (χ1v) is 10.1. The second-order valence-electron chi connectivity index (χ2n) is 7.13. The Labute approximate surface area is 141 Å². The molecule has 1 fully saturated rings. The summed E-state index contributed by atoms with van der Waals surface area (Å²) >= 11 is 0. The summed E-state index contributed by atoms with van der Waals surface area (Å²) in [5.74, 6) is 0.833. The van der Waals surface area contributed by atoms with Crippen LogP contribution in [0.15, 0.2) is 29.2 Å². The summed E-state index contributed by atoms with van der Waals surface area (Å²) < 4.78 is 27.9. The molecule has 23 heavy (non-hydrogen) atoms. The van der Waals surface area contributed by atoms with Crippen molar-refractivity contribution in [3.05, 3.63) is 29.8 Å². The summed E-state index contributed by atoms with van der Waals surface area (Å²) in [6, 6.07) is 7.48. The lowest BCUT2D eigenvalue weighted by atomic mass is 10.0. The van der Waals surface area contributed by atoms with Gasteiger partial charge in [0.2, 0.25) is 10.0 Å². The Morgan fingerprint density at radius 1 is 1.04 bits per heavy atom. The van der Waals surface area contributed by atoms with Crippen LogP contribution in [-0.4, -0.2) is 39.0 Å². The molecule has 0 radical (unpaired) electrons. The zero-order chi connectivity index (χ0) is 17.0. The minimum Gasteiger partial charge on any atom is -0.299 e. The fraction of sp³-hybridized carbons (Fsp3) is 0.667. The first-order valence-electron chi connectivity index (χ1n) is 8.65. The highest BCUT2D eigenvalue weighted by Crippen LogP contribution is 2.19. The fourth-order valence-corrected chi connectivity index (χ4v) is 4.22. The van der Waals surface area contributed by atoms with Crippen LogP contribution in [0.1, 0.15) is 52.0 Å². The zero-order valence-corrected chi connectivity index (χ0v) is 15.6. The largest absolute Gasteiger partial charge is 0.299 e. The van der Waals surface area contributed by atoms with Crippen LogP contribution < -0.4 is 4.72 Å². The molecule has 1 aromatic carbocycles. The topological polar surface area (TPSA) is 49.4 Å². The number of hydrogen-bond acceptors (Lipinski definition) is 3. The highest BCUT2D eigenvalue weighted by Gasteiger charge is 2.26.